The molecule has 0 aliphatic rings. The molecule has 0 saturated carbocycles. The maximum absolute atomic E-state index is 13.7. The van der Waals surface area contributed by atoms with Crippen molar-refractivity contribution in [3.8, 4) is 11.5 Å². The Morgan fingerprint density at radius 1 is 1.22 bits per heavy atom. The van der Waals surface area contributed by atoms with Gasteiger partial charge < -0.3 is 9.47 Å². The van der Waals surface area contributed by atoms with Crippen LogP contribution in [0.3, 0.4) is 0 Å². The number of rotatable bonds is 10. The van der Waals surface area contributed by atoms with Crippen molar-refractivity contribution in [2.75, 3.05) is 25.7 Å². The molecule has 0 fully saturated rings. The van der Waals surface area contributed by atoms with Crippen molar-refractivity contribution in [3.05, 3.63) is 95.5 Å². The Hall–Kier alpha value is -3.25. The minimum atomic E-state index is -0.383. The number of fused-ring (bicyclic) bond motifs is 1. The van der Waals surface area contributed by atoms with E-state index in [1.165, 1.54) is 0 Å². The highest BCUT2D eigenvalue weighted by Gasteiger charge is 2.30. The zero-order valence-corrected chi connectivity index (χ0v) is 19.6. The molecule has 0 saturated heterocycles. The Bertz CT molecular complexity index is 1180. The summed E-state index contributed by atoms with van der Waals surface area (Å²) in [6.07, 6.45) is 11.3. The van der Waals surface area contributed by atoms with Crippen molar-refractivity contribution in [1.82, 2.24) is 9.55 Å². The lowest BCUT2D eigenvalue weighted by molar-refractivity contribution is 0.343. The van der Waals surface area contributed by atoms with Crippen LogP contribution in [0.4, 0.5) is 0 Å². The van der Waals surface area contributed by atoms with E-state index in [0.717, 1.165) is 16.7 Å². The Morgan fingerprint density at radius 3 is 2.69 bits per heavy atom. The highest BCUT2D eigenvalue weighted by Crippen LogP contribution is 2.30. The Morgan fingerprint density at radius 2 is 2.00 bits per heavy atom. The van der Waals surface area contributed by atoms with Gasteiger partial charge in [-0.3, -0.25) is 9.36 Å². The predicted octanol–water partition coefficient (Wildman–Crippen LogP) is 4.78. The van der Waals surface area contributed by atoms with Crippen LogP contribution in [0.25, 0.3) is 11.0 Å². The van der Waals surface area contributed by atoms with E-state index in [-0.39, 0.29) is 16.5 Å². The number of hydrogen-bond donors (Lipinski definition) is 0. The zero-order chi connectivity index (χ0) is 22.9. The smallest absolute Gasteiger partial charge is 0.311 e. The number of ether oxygens (including phenoxy) is 2. The van der Waals surface area contributed by atoms with Crippen LogP contribution < -0.4 is 15.0 Å². The predicted molar refractivity (Wildman–Crippen MR) is 134 cm³/mol. The Kier molecular flexibility index (Phi) is 8.34. The molecule has 1 unspecified atom stereocenters. The fraction of sp³-hybridized carbons (Fsp3) is 0.231. The van der Waals surface area contributed by atoms with E-state index in [0.29, 0.717) is 35.2 Å². The van der Waals surface area contributed by atoms with Crippen LogP contribution in [-0.4, -0.2) is 35.3 Å². The summed E-state index contributed by atoms with van der Waals surface area (Å²) < 4.78 is 13.4. The molecule has 0 bridgehead atoms. The van der Waals surface area contributed by atoms with E-state index in [1.54, 1.807) is 23.9 Å². The maximum atomic E-state index is 13.7. The maximum Gasteiger partial charge on any atom is 0.311 e. The van der Waals surface area contributed by atoms with Gasteiger partial charge in [0.05, 0.1) is 19.0 Å². The molecule has 6 heteroatoms. The van der Waals surface area contributed by atoms with Gasteiger partial charge in [0.25, 0.3) is 4.90 Å². The van der Waals surface area contributed by atoms with E-state index in [1.807, 2.05) is 67.6 Å². The number of pyridine rings is 2. The van der Waals surface area contributed by atoms with E-state index < -0.39 is 0 Å². The molecule has 3 aromatic rings. The lowest BCUT2D eigenvalue weighted by atomic mass is 10.2. The van der Waals surface area contributed by atoms with Crippen molar-refractivity contribution in [3.63, 3.8) is 0 Å². The van der Waals surface area contributed by atoms with E-state index in [4.69, 9.17) is 9.47 Å². The monoisotopic (exact) mass is 449 g/mol. The summed E-state index contributed by atoms with van der Waals surface area (Å²) in [6.45, 7) is 6.62. The summed E-state index contributed by atoms with van der Waals surface area (Å²) in [5, 5.41) is 0.830. The number of aromatic nitrogens is 2. The van der Waals surface area contributed by atoms with Gasteiger partial charge in [0.2, 0.25) is 0 Å². The first-order chi connectivity index (χ1) is 15.6. The minimum Gasteiger partial charge on any atom is -0.491 e. The number of allylic oxidation sites excluding steroid dienone is 5. The molecule has 3 rings (SSSR count). The number of hydrogen-bond acceptors (Lipinski definition) is 4. The topological polar surface area (TPSA) is 53.4 Å². The zero-order valence-electron chi connectivity index (χ0n) is 18.8. The second-order valence-electron chi connectivity index (χ2n) is 7.09. The van der Waals surface area contributed by atoms with Gasteiger partial charge in [0.15, 0.2) is 5.75 Å². The molecule has 2 heterocycles. The molecule has 2 aromatic heterocycles. The molecular formula is C26H29N2O3S+. The van der Waals surface area contributed by atoms with E-state index in [2.05, 4.69) is 17.8 Å². The number of benzene rings is 1. The van der Waals surface area contributed by atoms with Gasteiger partial charge in [0, 0.05) is 17.1 Å². The second kappa shape index (κ2) is 11.4. The highest BCUT2D eigenvalue weighted by atomic mass is 32.2. The second-order valence-corrected chi connectivity index (χ2v) is 9.18. The third kappa shape index (κ3) is 5.32. The summed E-state index contributed by atoms with van der Waals surface area (Å²) >= 11 is 0. The van der Waals surface area contributed by atoms with Gasteiger partial charge in [-0.2, -0.15) is 0 Å². The molecule has 0 amide bonds. The van der Waals surface area contributed by atoms with Crippen LogP contribution in [0.5, 0.6) is 11.5 Å². The van der Waals surface area contributed by atoms with Crippen LogP contribution in [0.1, 0.15) is 6.92 Å². The van der Waals surface area contributed by atoms with Crippen LogP contribution in [0, 0.1) is 0 Å². The van der Waals surface area contributed by atoms with E-state index >= 15 is 0 Å². The molecule has 32 heavy (non-hydrogen) atoms. The normalized spacial score (nSPS) is 12.8. The van der Waals surface area contributed by atoms with Gasteiger partial charge in [-0.05, 0) is 36.8 Å². The third-order valence-electron chi connectivity index (χ3n) is 5.04. The first-order valence-corrected chi connectivity index (χ1v) is 12.2. The van der Waals surface area contributed by atoms with Crippen molar-refractivity contribution < 1.29 is 9.47 Å². The van der Waals surface area contributed by atoms with Crippen LogP contribution in [0.15, 0.2) is 94.8 Å². The minimum absolute atomic E-state index is 0.0788. The number of methoxy groups -OCH3 is 1. The quantitative estimate of drug-likeness (QED) is 0.330. The van der Waals surface area contributed by atoms with E-state index in [9.17, 15) is 4.79 Å². The molecule has 5 nitrogen and oxygen atoms in total. The summed E-state index contributed by atoms with van der Waals surface area (Å²) in [4.78, 5) is 18.9. The molecule has 0 aliphatic heterocycles. The Labute approximate surface area is 192 Å². The summed E-state index contributed by atoms with van der Waals surface area (Å²) in [6, 6.07) is 13.5. The molecule has 1 atom stereocenters. The van der Waals surface area contributed by atoms with Gasteiger partial charge in [-0.15, -0.1) is 0 Å². The first kappa shape index (κ1) is 23.4. The fourth-order valence-corrected chi connectivity index (χ4v) is 4.86. The van der Waals surface area contributed by atoms with Crippen molar-refractivity contribution >= 4 is 21.9 Å². The molecular weight excluding hydrogens is 420 g/mol. The Balaban J connectivity index is 2.01. The average Bonchev–Trinajstić information content (AvgIpc) is 2.83. The van der Waals surface area contributed by atoms with Crippen LogP contribution >= 0.6 is 0 Å². The van der Waals surface area contributed by atoms with Crippen molar-refractivity contribution in [2.45, 2.75) is 18.4 Å². The lowest BCUT2D eigenvalue weighted by Gasteiger charge is -2.16. The molecule has 1 aromatic carbocycles. The third-order valence-corrected chi connectivity index (χ3v) is 6.88. The van der Waals surface area contributed by atoms with Gasteiger partial charge >= 0.3 is 5.56 Å². The number of para-hydroxylation sites is 1. The molecule has 0 radical (unpaired) electrons. The SMILES string of the molecule is C=C/C=C\C(=C/C)Cn1c(=O)c([S+](C)CCOc2ccccc2)c(OC)c2cccnc21. The standard InChI is InChI=1S/C26H29N2O3S/c1-5-7-12-20(6-2)19-28-25-22(15-11-16-27-25)23(30-3)24(26(28)29)32(4)18-17-31-21-13-9-8-10-14-21/h5-16H,1,17-19H2,2-4H3/q+1/b12-7-,20-6+. The van der Waals surface area contributed by atoms with Crippen molar-refractivity contribution in [2.24, 2.45) is 0 Å². The first-order valence-electron chi connectivity index (χ1n) is 10.4. The summed E-state index contributed by atoms with van der Waals surface area (Å²) in [5.74, 6) is 2.13. The average molecular weight is 450 g/mol. The lowest BCUT2D eigenvalue weighted by Crippen LogP contribution is -2.30. The molecule has 0 N–H and O–H groups in total. The fourth-order valence-electron chi connectivity index (χ4n) is 3.40. The van der Waals surface area contributed by atoms with Gasteiger partial charge in [-0.25, -0.2) is 4.98 Å². The van der Waals surface area contributed by atoms with Gasteiger partial charge in [-0.1, -0.05) is 49.1 Å². The largest absolute Gasteiger partial charge is 0.491 e. The number of nitrogens with zero attached hydrogens (tertiary/aromatic N) is 2. The highest BCUT2D eigenvalue weighted by molar-refractivity contribution is 7.96. The van der Waals surface area contributed by atoms with Crippen molar-refractivity contribution in [1.29, 1.82) is 0 Å². The summed E-state index contributed by atoms with van der Waals surface area (Å²) in [7, 11) is 1.22. The molecule has 0 aliphatic carbocycles. The molecule has 166 valence electrons. The van der Waals surface area contributed by atoms with Crippen LogP contribution in [-0.2, 0) is 17.4 Å². The van der Waals surface area contributed by atoms with Gasteiger partial charge in [0.1, 0.15) is 30.0 Å². The summed E-state index contributed by atoms with van der Waals surface area (Å²) in [5.41, 5.74) is 1.53. The van der Waals surface area contributed by atoms with Crippen LogP contribution in [0.2, 0.25) is 0 Å². The molecule has 0 spiro atoms.